The molecular formula is C14H15NO5S. The van der Waals surface area contributed by atoms with Crippen molar-refractivity contribution in [1.82, 2.24) is 0 Å². The van der Waals surface area contributed by atoms with Crippen LogP contribution in [0.25, 0.3) is 0 Å². The van der Waals surface area contributed by atoms with Crippen LogP contribution in [0.2, 0.25) is 0 Å². The lowest BCUT2D eigenvalue weighted by Gasteiger charge is -1.95. The molecule has 0 amide bonds. The highest BCUT2D eigenvalue weighted by Crippen LogP contribution is 2.08. The quantitative estimate of drug-likeness (QED) is 0.532. The summed E-state index contributed by atoms with van der Waals surface area (Å²) in [5.41, 5.74) is 1.90. The molecule has 0 atom stereocenters. The third-order valence-electron chi connectivity index (χ3n) is 2.45. The van der Waals surface area contributed by atoms with Crippen LogP contribution in [0, 0.1) is 11.8 Å². The molecule has 0 unspecified atom stereocenters. The summed E-state index contributed by atoms with van der Waals surface area (Å²) >= 11 is 0. The Hall–Kier alpha value is -2.25. The Kier molecular flexibility index (Phi) is 6.51. The minimum absolute atomic E-state index is 0.0666. The molecule has 21 heavy (non-hydrogen) atoms. The fraction of sp³-hybridized carbons (Fsp3) is 0.143. The van der Waals surface area contributed by atoms with Crippen LogP contribution in [0.4, 0.5) is 0 Å². The Morgan fingerprint density at radius 1 is 1.05 bits per heavy atom. The zero-order chi connectivity index (χ0) is 15.7. The molecule has 112 valence electrons. The summed E-state index contributed by atoms with van der Waals surface area (Å²) in [4.78, 5) is 13.7. The van der Waals surface area contributed by atoms with Crippen LogP contribution in [0.15, 0.2) is 64.8 Å². The van der Waals surface area contributed by atoms with Gasteiger partial charge >= 0.3 is 0 Å². The molecule has 0 radical (unpaired) electrons. The molecule has 6 nitrogen and oxygen atoms in total. The van der Waals surface area contributed by atoms with Gasteiger partial charge in [-0.1, -0.05) is 48.0 Å². The van der Waals surface area contributed by atoms with Crippen LogP contribution >= 0.6 is 0 Å². The first-order valence-corrected chi connectivity index (χ1v) is 7.40. The molecule has 0 aliphatic rings. The Labute approximate surface area is 123 Å². The Bertz CT molecular complexity index is 654. The number of aryl methyl sites for hydroxylation is 1. The summed E-state index contributed by atoms with van der Waals surface area (Å²) in [6.45, 7) is 2.10. The standard InChI is InChI=1S/C7H7NO2.C7H8O3S/c9-8-10-6-7-4-2-1-3-5-7;1-6-2-4-7(5-3-6)11(8,9)10/h1-5H,6H2;2-5H,1H3,(H,8,9,10). The lowest BCUT2D eigenvalue weighted by Crippen LogP contribution is -1.96. The molecule has 0 saturated heterocycles. The zero-order valence-electron chi connectivity index (χ0n) is 11.3. The number of hydrogen-bond acceptors (Lipinski definition) is 5. The fourth-order valence-corrected chi connectivity index (χ4v) is 1.87. The van der Waals surface area contributed by atoms with Crippen molar-refractivity contribution in [3.05, 3.63) is 70.6 Å². The molecule has 2 rings (SSSR count). The maximum absolute atomic E-state index is 10.5. The third-order valence-corrected chi connectivity index (χ3v) is 3.31. The van der Waals surface area contributed by atoms with E-state index in [9.17, 15) is 13.3 Å². The topological polar surface area (TPSA) is 93.0 Å². The van der Waals surface area contributed by atoms with Crippen LogP contribution in [0.1, 0.15) is 11.1 Å². The molecule has 7 heteroatoms. The van der Waals surface area contributed by atoms with Gasteiger partial charge < -0.3 is 4.84 Å². The summed E-state index contributed by atoms with van der Waals surface area (Å²) < 4.78 is 29.6. The van der Waals surface area contributed by atoms with E-state index < -0.39 is 10.1 Å². The largest absolute Gasteiger partial charge is 0.359 e. The van der Waals surface area contributed by atoms with Crippen LogP contribution in [0.5, 0.6) is 0 Å². The first kappa shape index (κ1) is 16.8. The number of benzene rings is 2. The molecular weight excluding hydrogens is 294 g/mol. The van der Waals surface area contributed by atoms with E-state index in [4.69, 9.17) is 4.55 Å². The lowest BCUT2D eigenvalue weighted by atomic mass is 10.2. The van der Waals surface area contributed by atoms with Gasteiger partial charge in [0.1, 0.15) is 6.61 Å². The van der Waals surface area contributed by atoms with Gasteiger partial charge in [0.05, 0.1) is 4.90 Å². The minimum atomic E-state index is -4.02. The van der Waals surface area contributed by atoms with Crippen molar-refractivity contribution in [2.24, 2.45) is 5.34 Å². The van der Waals surface area contributed by atoms with E-state index in [1.165, 1.54) is 12.1 Å². The first-order chi connectivity index (χ1) is 9.93. The van der Waals surface area contributed by atoms with Crippen LogP contribution in [-0.2, 0) is 21.6 Å². The first-order valence-electron chi connectivity index (χ1n) is 5.96. The van der Waals surface area contributed by atoms with Crippen molar-refractivity contribution in [3.8, 4) is 0 Å². The maximum atomic E-state index is 10.5. The average Bonchev–Trinajstić information content (AvgIpc) is 2.46. The second kappa shape index (κ2) is 8.13. The van der Waals surface area contributed by atoms with E-state index in [0.717, 1.165) is 11.1 Å². The van der Waals surface area contributed by atoms with Crippen LogP contribution < -0.4 is 0 Å². The van der Waals surface area contributed by atoms with Crippen molar-refractivity contribution < 1.29 is 17.8 Å². The van der Waals surface area contributed by atoms with E-state index in [2.05, 4.69) is 10.2 Å². The molecule has 0 aromatic heterocycles. The van der Waals surface area contributed by atoms with E-state index in [1.54, 1.807) is 12.1 Å². The molecule has 0 heterocycles. The van der Waals surface area contributed by atoms with E-state index >= 15 is 0 Å². The molecule has 1 N–H and O–H groups in total. The molecule has 2 aromatic carbocycles. The molecule has 0 aliphatic carbocycles. The van der Waals surface area contributed by atoms with Gasteiger partial charge in [-0.3, -0.25) is 4.55 Å². The SMILES string of the molecule is Cc1ccc(S(=O)(=O)O)cc1.O=NOCc1ccccc1. The minimum Gasteiger partial charge on any atom is -0.359 e. The molecule has 0 aliphatic heterocycles. The van der Waals surface area contributed by atoms with Crippen LogP contribution in [0.3, 0.4) is 0 Å². The number of nitrogens with zero attached hydrogens (tertiary/aromatic N) is 1. The Morgan fingerprint density at radius 3 is 2.10 bits per heavy atom. The summed E-state index contributed by atoms with van der Waals surface area (Å²) in [6, 6.07) is 15.4. The average molecular weight is 309 g/mol. The molecule has 2 aromatic rings. The normalized spacial score (nSPS) is 10.2. The number of rotatable bonds is 4. The summed E-state index contributed by atoms with van der Waals surface area (Å²) in [7, 11) is -4.02. The number of hydrogen-bond donors (Lipinski definition) is 1. The molecule has 0 bridgehead atoms. The molecule has 0 spiro atoms. The Balaban J connectivity index is 0.000000211. The second-order valence-electron chi connectivity index (χ2n) is 4.12. The lowest BCUT2D eigenvalue weighted by molar-refractivity contribution is 0.126. The second-order valence-corrected chi connectivity index (χ2v) is 5.54. The highest BCUT2D eigenvalue weighted by Gasteiger charge is 2.06. The summed E-state index contributed by atoms with van der Waals surface area (Å²) in [6.07, 6.45) is 0. The van der Waals surface area contributed by atoms with E-state index in [-0.39, 0.29) is 11.5 Å². The van der Waals surface area contributed by atoms with Gasteiger partial charge in [-0.15, -0.1) is 4.91 Å². The van der Waals surface area contributed by atoms with Crippen molar-refractivity contribution in [1.29, 1.82) is 0 Å². The van der Waals surface area contributed by atoms with Crippen molar-refractivity contribution in [2.75, 3.05) is 0 Å². The van der Waals surface area contributed by atoms with Gasteiger partial charge in [-0.2, -0.15) is 8.42 Å². The van der Waals surface area contributed by atoms with E-state index in [0.29, 0.717) is 0 Å². The van der Waals surface area contributed by atoms with Crippen LogP contribution in [-0.4, -0.2) is 13.0 Å². The molecule has 0 fully saturated rings. The monoisotopic (exact) mass is 309 g/mol. The van der Waals surface area contributed by atoms with Gasteiger partial charge in [0.25, 0.3) is 10.1 Å². The predicted molar refractivity (Wildman–Crippen MR) is 78.0 cm³/mol. The van der Waals surface area contributed by atoms with Gasteiger partial charge in [0.2, 0.25) is 0 Å². The predicted octanol–water partition coefficient (Wildman–Crippen LogP) is 3.13. The van der Waals surface area contributed by atoms with Gasteiger partial charge in [-0.05, 0) is 24.6 Å². The van der Waals surface area contributed by atoms with Crippen molar-refractivity contribution >= 4 is 10.1 Å². The highest BCUT2D eigenvalue weighted by atomic mass is 32.2. The van der Waals surface area contributed by atoms with Crippen molar-refractivity contribution in [3.63, 3.8) is 0 Å². The maximum Gasteiger partial charge on any atom is 0.294 e. The summed E-state index contributed by atoms with van der Waals surface area (Å²) in [5, 5.41) is 2.28. The zero-order valence-corrected chi connectivity index (χ0v) is 12.2. The van der Waals surface area contributed by atoms with Gasteiger partial charge in [0.15, 0.2) is 5.34 Å². The third kappa shape index (κ3) is 6.64. The highest BCUT2D eigenvalue weighted by molar-refractivity contribution is 7.85. The Morgan fingerprint density at radius 2 is 1.62 bits per heavy atom. The smallest absolute Gasteiger partial charge is 0.294 e. The van der Waals surface area contributed by atoms with Gasteiger partial charge in [0, 0.05) is 0 Å². The van der Waals surface area contributed by atoms with Crippen molar-refractivity contribution in [2.45, 2.75) is 18.4 Å². The summed E-state index contributed by atoms with van der Waals surface area (Å²) in [5.74, 6) is 0. The fourth-order valence-electron chi connectivity index (χ4n) is 1.39. The van der Waals surface area contributed by atoms with E-state index in [1.807, 2.05) is 37.3 Å². The van der Waals surface area contributed by atoms with Gasteiger partial charge in [-0.25, -0.2) is 0 Å². The molecule has 0 saturated carbocycles.